The molecule has 14 heteroatoms. The van der Waals surface area contributed by atoms with Crippen LogP contribution in [0.2, 0.25) is 0 Å². The molecule has 2 aliphatic rings. The van der Waals surface area contributed by atoms with Gasteiger partial charge in [-0.1, -0.05) is 37.3 Å². The Morgan fingerprint density at radius 3 is 2.48 bits per heavy atom. The average Bonchev–Trinajstić information content (AvgIpc) is 3.22. The molecule has 2 fully saturated rings. The van der Waals surface area contributed by atoms with Gasteiger partial charge in [0.2, 0.25) is 0 Å². The van der Waals surface area contributed by atoms with E-state index in [0.29, 0.717) is 70.3 Å². The number of piperazine rings is 1. The van der Waals surface area contributed by atoms with E-state index in [9.17, 15) is 9.59 Å². The summed E-state index contributed by atoms with van der Waals surface area (Å²) in [5, 5.41) is 19.7. The van der Waals surface area contributed by atoms with Crippen molar-refractivity contribution in [1.29, 1.82) is 0 Å². The zero-order valence-corrected chi connectivity index (χ0v) is 35.9. The molecule has 4 aromatic rings. The Labute approximate surface area is 353 Å². The topological polar surface area (TPSA) is 159 Å². The first-order valence-corrected chi connectivity index (χ1v) is 21.1. The van der Waals surface area contributed by atoms with Gasteiger partial charge in [0.05, 0.1) is 5.69 Å². The van der Waals surface area contributed by atoms with Crippen LogP contribution in [0.5, 0.6) is 0 Å². The van der Waals surface area contributed by atoms with Gasteiger partial charge in [-0.05, 0) is 101 Å². The molecular formula is C46H61FN9O4+. The van der Waals surface area contributed by atoms with Crippen LogP contribution in [0.25, 0.3) is 11.1 Å². The Hall–Kier alpha value is -5.60. The lowest BCUT2D eigenvalue weighted by Crippen LogP contribution is -2.54. The molecule has 4 heterocycles. The highest BCUT2D eigenvalue weighted by Gasteiger charge is 2.31. The lowest BCUT2D eigenvalue weighted by Gasteiger charge is -2.40. The predicted octanol–water partition coefficient (Wildman–Crippen LogP) is 6.03. The minimum absolute atomic E-state index is 0.00493. The van der Waals surface area contributed by atoms with Crippen molar-refractivity contribution in [1.82, 2.24) is 25.1 Å². The van der Waals surface area contributed by atoms with E-state index in [0.717, 1.165) is 57.9 Å². The van der Waals surface area contributed by atoms with Crippen LogP contribution in [0.3, 0.4) is 0 Å². The van der Waals surface area contributed by atoms with Crippen molar-refractivity contribution >= 4 is 35.5 Å². The van der Waals surface area contributed by atoms with Crippen molar-refractivity contribution in [3.8, 4) is 11.1 Å². The molecule has 1 atom stereocenters. The number of anilines is 3. The summed E-state index contributed by atoms with van der Waals surface area (Å²) in [7, 11) is 0. The lowest BCUT2D eigenvalue weighted by atomic mass is 10.00. The second-order valence-electron chi connectivity index (χ2n) is 16.5. The third-order valence-electron chi connectivity index (χ3n) is 10.7. The fourth-order valence-corrected chi connectivity index (χ4v) is 7.73. The molecule has 2 aliphatic heterocycles. The van der Waals surface area contributed by atoms with E-state index in [1.807, 2.05) is 65.0 Å². The molecule has 60 heavy (non-hydrogen) atoms. The molecule has 2 aromatic heterocycles. The molecule has 0 saturated carbocycles. The van der Waals surface area contributed by atoms with Crippen LogP contribution in [-0.2, 0) is 35.5 Å². The van der Waals surface area contributed by atoms with Crippen LogP contribution < -0.4 is 26.7 Å². The summed E-state index contributed by atoms with van der Waals surface area (Å²) >= 11 is 0. The number of aryl methyl sites for hydroxylation is 1. The van der Waals surface area contributed by atoms with Crippen molar-refractivity contribution in [3.05, 3.63) is 100 Å². The second kappa shape index (κ2) is 20.1. The minimum atomic E-state index is -0.546. The van der Waals surface area contributed by atoms with Crippen molar-refractivity contribution in [3.63, 3.8) is 0 Å². The van der Waals surface area contributed by atoms with Crippen LogP contribution in [0.4, 0.5) is 26.5 Å². The van der Waals surface area contributed by atoms with Gasteiger partial charge in [0, 0.05) is 87.9 Å². The van der Waals surface area contributed by atoms with Gasteiger partial charge in [-0.15, -0.1) is 0 Å². The normalized spacial score (nSPS) is 16.2. The van der Waals surface area contributed by atoms with Gasteiger partial charge in [0.1, 0.15) is 34.3 Å². The number of nitrogens with two attached hydrogens (primary N) is 1. The first-order valence-electron chi connectivity index (χ1n) is 21.1. The van der Waals surface area contributed by atoms with Gasteiger partial charge < -0.3 is 35.6 Å². The van der Waals surface area contributed by atoms with Gasteiger partial charge in [0.15, 0.2) is 6.21 Å². The van der Waals surface area contributed by atoms with Crippen LogP contribution in [-0.4, -0.2) is 95.1 Å². The van der Waals surface area contributed by atoms with Crippen molar-refractivity contribution in [2.45, 2.75) is 98.1 Å². The Morgan fingerprint density at radius 2 is 1.77 bits per heavy atom. The molecule has 0 unspecified atom stereocenters. The van der Waals surface area contributed by atoms with E-state index in [4.69, 9.17) is 19.9 Å². The molecule has 0 bridgehead atoms. The van der Waals surface area contributed by atoms with Gasteiger partial charge in [-0.25, -0.2) is 19.2 Å². The molecule has 13 nitrogen and oxygen atoms in total. The summed E-state index contributed by atoms with van der Waals surface area (Å²) in [4.78, 5) is 39.8. The predicted molar refractivity (Wildman–Crippen MR) is 235 cm³/mol. The third kappa shape index (κ3) is 11.4. The molecule has 6 N–H and O–H groups in total. The largest absolute Gasteiger partial charge is 0.444 e. The summed E-state index contributed by atoms with van der Waals surface area (Å²) in [6.07, 6.45) is 3.80. The molecule has 0 radical (unpaired) electrons. The van der Waals surface area contributed by atoms with Crippen LogP contribution in [0, 0.1) is 5.82 Å². The van der Waals surface area contributed by atoms with E-state index >= 15 is 4.39 Å². The van der Waals surface area contributed by atoms with Crippen molar-refractivity contribution < 1.29 is 28.9 Å². The standard InChI is InChI=1S/C46H60FN9O4/c1-7-39-37(42(52-34-17-21-59-22-18-34)36(25-48)43(54-39)49-8-2)27-50-41-14-10-13-40(53-41)44(57)51-26-31-15-16-38(47)35(24-31)33-12-9-11-32(23-33)29-55-19-20-56(30(3)28-55)45(58)60-46(4,5)6/h9-16,23-25,30,34,48H,7-8,17-22,26-29H2,1-6H3,(H,50,53)(H,51,57)(H2,49,52,54)/p+1/t30-/m1/s1. The number of ether oxygens (including phenoxy) is 2. The van der Waals surface area contributed by atoms with Gasteiger partial charge in [-0.3, -0.25) is 15.1 Å². The van der Waals surface area contributed by atoms with Crippen LogP contribution in [0.15, 0.2) is 60.7 Å². The summed E-state index contributed by atoms with van der Waals surface area (Å²) in [6.45, 7) is 17.1. The highest BCUT2D eigenvalue weighted by Crippen LogP contribution is 2.32. The molecular weight excluding hydrogens is 762 g/mol. The number of benzene rings is 2. The maximum Gasteiger partial charge on any atom is 0.410 e. The SMILES string of the molecule is CCNc1nc(CC)c(CNc2cccc(C(=O)NCc3ccc(F)c(-c4cccc(CN5CCN(C(=O)OC(C)(C)C)[C@H](C)C5)c4)c3)n2)c(NC2CCOCC2)c1C=[NH2+]. The van der Waals surface area contributed by atoms with Crippen molar-refractivity contribution in [2.75, 3.05) is 55.3 Å². The fourth-order valence-electron chi connectivity index (χ4n) is 7.73. The molecule has 320 valence electrons. The van der Waals surface area contributed by atoms with E-state index in [-0.39, 0.29) is 42.1 Å². The number of nitrogens with one attached hydrogen (secondary N) is 4. The highest BCUT2D eigenvalue weighted by atomic mass is 19.1. The Morgan fingerprint density at radius 1 is 0.983 bits per heavy atom. The highest BCUT2D eigenvalue weighted by molar-refractivity contribution is 5.93. The quantitative estimate of drug-likeness (QED) is 0.0898. The van der Waals surface area contributed by atoms with Gasteiger partial charge in [-0.2, -0.15) is 0 Å². The van der Waals surface area contributed by atoms with Gasteiger partial charge in [0.25, 0.3) is 5.91 Å². The summed E-state index contributed by atoms with van der Waals surface area (Å²) in [5.41, 5.74) is 6.38. The number of rotatable bonds is 15. The Balaban J connectivity index is 1.09. The number of carbonyl (C=O) groups is 2. The zero-order chi connectivity index (χ0) is 42.8. The smallest absolute Gasteiger partial charge is 0.410 e. The molecule has 6 rings (SSSR count). The summed E-state index contributed by atoms with van der Waals surface area (Å²) < 4.78 is 26.5. The van der Waals surface area contributed by atoms with E-state index < -0.39 is 5.60 Å². The van der Waals surface area contributed by atoms with E-state index in [2.05, 4.69) is 38.1 Å². The van der Waals surface area contributed by atoms with Crippen LogP contribution in [0.1, 0.15) is 92.8 Å². The number of nitrogens with zero attached hydrogens (tertiary/aromatic N) is 4. The van der Waals surface area contributed by atoms with E-state index in [1.165, 1.54) is 6.07 Å². The first kappa shape index (κ1) is 44.0. The molecule has 2 saturated heterocycles. The number of carbonyl (C=O) groups excluding carboxylic acids is 2. The number of amides is 2. The summed E-state index contributed by atoms with van der Waals surface area (Å²) in [6, 6.07) is 18.3. The summed E-state index contributed by atoms with van der Waals surface area (Å²) in [5.74, 6) is 0.592. The fraction of sp³-hybridized carbons (Fsp3) is 0.457. The second-order valence-corrected chi connectivity index (χ2v) is 16.5. The molecule has 0 spiro atoms. The monoisotopic (exact) mass is 822 g/mol. The number of halogens is 1. The Bertz CT molecular complexity index is 2140. The lowest BCUT2D eigenvalue weighted by molar-refractivity contribution is -0.104. The number of pyridine rings is 2. The minimum Gasteiger partial charge on any atom is -0.444 e. The van der Waals surface area contributed by atoms with E-state index in [1.54, 1.807) is 35.4 Å². The maximum absolute atomic E-state index is 15.3. The number of aromatic nitrogens is 2. The molecule has 2 amide bonds. The third-order valence-corrected chi connectivity index (χ3v) is 10.7. The average molecular weight is 823 g/mol. The molecule has 0 aliphatic carbocycles. The Kier molecular flexibility index (Phi) is 14.7. The maximum atomic E-state index is 15.3. The first-order chi connectivity index (χ1) is 28.8. The van der Waals surface area contributed by atoms with Gasteiger partial charge >= 0.3 is 6.09 Å². The molecule has 2 aromatic carbocycles. The number of hydrogen-bond acceptors (Lipinski definition) is 10. The van der Waals surface area contributed by atoms with Crippen LogP contribution >= 0.6 is 0 Å². The number of hydrogen-bond donors (Lipinski definition) is 5. The van der Waals surface area contributed by atoms with Crippen molar-refractivity contribution in [2.24, 2.45) is 0 Å². The zero-order valence-electron chi connectivity index (χ0n) is 35.9.